The third-order valence-corrected chi connectivity index (χ3v) is 2.26. The van der Waals surface area contributed by atoms with Gasteiger partial charge in [0.05, 0.1) is 7.11 Å². The minimum absolute atomic E-state index is 0.0426. The molecule has 0 N–H and O–H groups in total. The van der Waals surface area contributed by atoms with Gasteiger partial charge in [0, 0.05) is 11.6 Å². The Hall–Kier alpha value is -1.58. The van der Waals surface area contributed by atoms with E-state index in [-0.39, 0.29) is 5.41 Å². The second-order valence-electron chi connectivity index (χ2n) is 4.51. The largest absolute Gasteiger partial charge is 0.480 e. The van der Waals surface area contributed by atoms with Gasteiger partial charge >= 0.3 is 0 Å². The van der Waals surface area contributed by atoms with E-state index in [4.69, 9.17) is 4.74 Å². The highest BCUT2D eigenvalue weighted by molar-refractivity contribution is 5.45. The molecule has 0 saturated carbocycles. The van der Waals surface area contributed by atoms with Gasteiger partial charge in [-0.1, -0.05) is 20.8 Å². The fraction of sp³-hybridized carbons (Fsp3) is 0.455. The van der Waals surface area contributed by atoms with Gasteiger partial charge in [0.15, 0.2) is 5.65 Å². The second kappa shape index (κ2) is 3.22. The Balaban J connectivity index is 2.75. The average Bonchev–Trinajstić information content (AvgIpc) is 2.55. The molecule has 4 nitrogen and oxygen atoms in total. The maximum Gasteiger partial charge on any atom is 0.239 e. The van der Waals surface area contributed by atoms with Gasteiger partial charge in [-0.25, -0.2) is 4.98 Å². The summed E-state index contributed by atoms with van der Waals surface area (Å²) in [5, 5.41) is 4.22. The lowest BCUT2D eigenvalue weighted by atomic mass is 9.92. The highest BCUT2D eigenvalue weighted by atomic mass is 16.5. The van der Waals surface area contributed by atoms with Crippen LogP contribution in [0.2, 0.25) is 0 Å². The lowest BCUT2D eigenvalue weighted by molar-refractivity contribution is 0.370. The van der Waals surface area contributed by atoms with Gasteiger partial charge in [0.1, 0.15) is 5.69 Å². The number of methoxy groups -OCH3 is 1. The van der Waals surface area contributed by atoms with Crippen molar-refractivity contribution in [3.63, 3.8) is 0 Å². The van der Waals surface area contributed by atoms with Crippen LogP contribution in [-0.2, 0) is 5.41 Å². The van der Waals surface area contributed by atoms with Gasteiger partial charge in [0.2, 0.25) is 5.88 Å². The van der Waals surface area contributed by atoms with Crippen LogP contribution in [0.15, 0.2) is 18.3 Å². The summed E-state index contributed by atoms with van der Waals surface area (Å²) in [5.41, 5.74) is 1.71. The molecular formula is C11H15N3O. The Morgan fingerprint density at radius 3 is 2.67 bits per heavy atom. The summed E-state index contributed by atoms with van der Waals surface area (Å²) >= 11 is 0. The first-order chi connectivity index (χ1) is 7.04. The van der Waals surface area contributed by atoms with E-state index in [1.807, 2.05) is 12.1 Å². The molecule has 0 aliphatic rings. The van der Waals surface area contributed by atoms with Crippen molar-refractivity contribution < 1.29 is 4.74 Å². The van der Waals surface area contributed by atoms with Crippen LogP contribution in [-0.4, -0.2) is 21.7 Å². The van der Waals surface area contributed by atoms with Crippen molar-refractivity contribution in [2.24, 2.45) is 0 Å². The van der Waals surface area contributed by atoms with E-state index in [1.54, 1.807) is 17.8 Å². The molecule has 0 radical (unpaired) electrons. The molecule has 2 aromatic rings. The highest BCUT2D eigenvalue weighted by Crippen LogP contribution is 2.30. The molecule has 0 saturated heterocycles. The molecular weight excluding hydrogens is 190 g/mol. The number of ether oxygens (including phenoxy) is 1. The van der Waals surface area contributed by atoms with Crippen LogP contribution in [0.1, 0.15) is 26.5 Å². The summed E-state index contributed by atoms with van der Waals surface area (Å²) in [4.78, 5) is 4.53. The first-order valence-electron chi connectivity index (χ1n) is 4.92. The number of aromatic nitrogens is 3. The molecule has 0 amide bonds. The summed E-state index contributed by atoms with van der Waals surface area (Å²) in [6.07, 6.45) is 1.73. The van der Waals surface area contributed by atoms with Crippen molar-refractivity contribution in [3.05, 3.63) is 24.0 Å². The number of fused-ring (bicyclic) bond motifs is 1. The summed E-state index contributed by atoms with van der Waals surface area (Å²) in [5.74, 6) is 0.720. The molecule has 80 valence electrons. The smallest absolute Gasteiger partial charge is 0.239 e. The molecule has 2 rings (SSSR count). The van der Waals surface area contributed by atoms with E-state index in [0.717, 1.165) is 17.2 Å². The maximum absolute atomic E-state index is 5.36. The van der Waals surface area contributed by atoms with Crippen molar-refractivity contribution in [2.75, 3.05) is 7.11 Å². The summed E-state index contributed by atoms with van der Waals surface area (Å²) < 4.78 is 7.09. The number of hydrogen-bond donors (Lipinski definition) is 0. The second-order valence-corrected chi connectivity index (χ2v) is 4.51. The third-order valence-electron chi connectivity index (χ3n) is 2.26. The van der Waals surface area contributed by atoms with Gasteiger partial charge in [-0.3, -0.25) is 0 Å². The third kappa shape index (κ3) is 1.56. The molecule has 0 aliphatic heterocycles. The van der Waals surface area contributed by atoms with E-state index in [2.05, 4.69) is 30.9 Å². The SMILES string of the molecule is COc1c(C(C)(C)C)nc2cccnn12. The van der Waals surface area contributed by atoms with Crippen LogP contribution >= 0.6 is 0 Å². The Kier molecular flexibility index (Phi) is 2.14. The molecule has 2 heterocycles. The van der Waals surface area contributed by atoms with Crippen molar-refractivity contribution >= 4 is 5.65 Å². The number of nitrogens with zero attached hydrogens (tertiary/aromatic N) is 3. The Morgan fingerprint density at radius 2 is 2.07 bits per heavy atom. The highest BCUT2D eigenvalue weighted by Gasteiger charge is 2.24. The predicted octanol–water partition coefficient (Wildman–Crippen LogP) is 2.04. The fourth-order valence-corrected chi connectivity index (χ4v) is 1.54. The zero-order valence-electron chi connectivity index (χ0n) is 9.48. The molecule has 0 spiro atoms. The zero-order valence-corrected chi connectivity index (χ0v) is 9.48. The van der Waals surface area contributed by atoms with Crippen LogP contribution in [0, 0.1) is 0 Å². The topological polar surface area (TPSA) is 39.4 Å². The average molecular weight is 205 g/mol. The van der Waals surface area contributed by atoms with E-state index in [1.165, 1.54) is 0 Å². The molecule has 15 heavy (non-hydrogen) atoms. The van der Waals surface area contributed by atoms with Crippen LogP contribution in [0.4, 0.5) is 0 Å². The minimum atomic E-state index is -0.0426. The van der Waals surface area contributed by atoms with Crippen molar-refractivity contribution in [2.45, 2.75) is 26.2 Å². The minimum Gasteiger partial charge on any atom is -0.480 e. The fourth-order valence-electron chi connectivity index (χ4n) is 1.54. The molecule has 0 aliphatic carbocycles. The first kappa shape index (κ1) is 9.96. The normalized spacial score (nSPS) is 12.0. The van der Waals surface area contributed by atoms with E-state index < -0.39 is 0 Å². The summed E-state index contributed by atoms with van der Waals surface area (Å²) in [6.45, 7) is 6.33. The predicted molar refractivity (Wildman–Crippen MR) is 58.2 cm³/mol. The van der Waals surface area contributed by atoms with Gasteiger partial charge in [-0.15, -0.1) is 0 Å². The molecule has 0 aromatic carbocycles. The van der Waals surface area contributed by atoms with Crippen LogP contribution in [0.5, 0.6) is 5.88 Å². The monoisotopic (exact) mass is 205 g/mol. The van der Waals surface area contributed by atoms with Crippen molar-refractivity contribution in [3.8, 4) is 5.88 Å². The summed E-state index contributed by atoms with van der Waals surface area (Å²) in [6, 6.07) is 3.79. The molecule has 0 unspecified atom stereocenters. The quantitative estimate of drug-likeness (QED) is 0.715. The van der Waals surface area contributed by atoms with E-state index in [9.17, 15) is 0 Å². The molecule has 4 heteroatoms. The van der Waals surface area contributed by atoms with Gasteiger partial charge in [-0.2, -0.15) is 9.61 Å². The first-order valence-corrected chi connectivity index (χ1v) is 4.92. The molecule has 2 aromatic heterocycles. The zero-order chi connectivity index (χ0) is 11.1. The number of imidazole rings is 1. The van der Waals surface area contributed by atoms with Crippen molar-refractivity contribution in [1.82, 2.24) is 14.6 Å². The lowest BCUT2D eigenvalue weighted by Gasteiger charge is -2.16. The Labute approximate surface area is 88.9 Å². The van der Waals surface area contributed by atoms with Crippen LogP contribution in [0.25, 0.3) is 5.65 Å². The Bertz CT molecular complexity index is 482. The summed E-state index contributed by atoms with van der Waals surface area (Å²) in [7, 11) is 1.65. The number of rotatable bonds is 1. The molecule has 0 bridgehead atoms. The van der Waals surface area contributed by atoms with Crippen LogP contribution in [0.3, 0.4) is 0 Å². The molecule has 0 fully saturated rings. The standard InChI is InChI=1S/C11H15N3O/c1-11(2,3)9-10(15-4)14-8(13-9)6-5-7-12-14/h5-7H,1-4H3. The lowest BCUT2D eigenvalue weighted by Crippen LogP contribution is -2.13. The van der Waals surface area contributed by atoms with Crippen LogP contribution < -0.4 is 4.74 Å². The van der Waals surface area contributed by atoms with Gasteiger partial charge in [0.25, 0.3) is 0 Å². The van der Waals surface area contributed by atoms with Crippen molar-refractivity contribution in [1.29, 1.82) is 0 Å². The van der Waals surface area contributed by atoms with Gasteiger partial charge in [-0.05, 0) is 12.1 Å². The number of hydrogen-bond acceptors (Lipinski definition) is 3. The van der Waals surface area contributed by atoms with E-state index in [0.29, 0.717) is 0 Å². The maximum atomic E-state index is 5.36. The van der Waals surface area contributed by atoms with Gasteiger partial charge < -0.3 is 4.74 Å². The van der Waals surface area contributed by atoms with E-state index >= 15 is 0 Å². The Morgan fingerprint density at radius 1 is 1.33 bits per heavy atom. The molecule has 0 atom stereocenters.